The van der Waals surface area contributed by atoms with Gasteiger partial charge in [-0.1, -0.05) is 31.0 Å². The van der Waals surface area contributed by atoms with E-state index in [4.69, 9.17) is 21.6 Å². The first-order valence-electron chi connectivity index (χ1n) is 12.4. The third-order valence-corrected chi connectivity index (χ3v) is 7.45. The number of methoxy groups -OCH3 is 1. The number of nitrogens with two attached hydrogens (primary N) is 1. The van der Waals surface area contributed by atoms with Crippen molar-refractivity contribution in [2.45, 2.75) is 76.1 Å². The average Bonchev–Trinajstić information content (AvgIpc) is 3.60. The summed E-state index contributed by atoms with van der Waals surface area (Å²) in [6.45, 7) is 6.40. The van der Waals surface area contributed by atoms with Crippen LogP contribution in [-0.2, 0) is 14.3 Å². The number of para-hydroxylation sites is 1. The Labute approximate surface area is 207 Å². The lowest BCUT2D eigenvalue weighted by molar-refractivity contribution is -0.132. The van der Waals surface area contributed by atoms with Crippen molar-refractivity contribution in [1.29, 1.82) is 0 Å². The minimum absolute atomic E-state index is 0.0126. The van der Waals surface area contributed by atoms with Crippen LogP contribution in [0, 0.1) is 24.2 Å². The Bertz CT molecular complexity index is 1060. The standard InChI is InChI=1S/C27H36N4O4/c1-6-27(7-2)16-23(32)31(25(28)30-27)21(12-13-34-5)18-14-19(18)24(33)29-20-15-26(3,4)35-22-11-9-8-10-17(20)22/h1,8-11,18-21H,7,12-16H2,2-5H3,(H2,28,30)(H,29,33)/t18-,19-,20+,21-,27-/m1/s1. The molecule has 3 N–H and O–H groups in total. The number of hydrogen-bond donors (Lipinski definition) is 2. The minimum Gasteiger partial charge on any atom is -0.487 e. The Morgan fingerprint density at radius 3 is 2.83 bits per heavy atom. The number of fused-ring (bicyclic) bond motifs is 1. The van der Waals surface area contributed by atoms with Crippen molar-refractivity contribution < 1.29 is 19.1 Å². The van der Waals surface area contributed by atoms with Gasteiger partial charge in [0.2, 0.25) is 11.8 Å². The lowest BCUT2D eigenvalue weighted by Crippen LogP contribution is -2.56. The van der Waals surface area contributed by atoms with Gasteiger partial charge in [0, 0.05) is 37.7 Å². The van der Waals surface area contributed by atoms with Gasteiger partial charge >= 0.3 is 0 Å². The van der Waals surface area contributed by atoms with E-state index in [2.05, 4.69) is 16.2 Å². The van der Waals surface area contributed by atoms with E-state index >= 15 is 0 Å². The third kappa shape index (κ3) is 5.01. The second-order valence-electron chi connectivity index (χ2n) is 10.5. The van der Waals surface area contributed by atoms with Crippen LogP contribution in [0.3, 0.4) is 0 Å². The summed E-state index contributed by atoms with van der Waals surface area (Å²) in [6, 6.07) is 7.42. The van der Waals surface area contributed by atoms with E-state index in [-0.39, 0.29) is 53.7 Å². The summed E-state index contributed by atoms with van der Waals surface area (Å²) in [5, 5.41) is 3.25. The highest BCUT2D eigenvalue weighted by atomic mass is 16.5. The van der Waals surface area contributed by atoms with Gasteiger partial charge in [0.05, 0.1) is 12.5 Å². The molecule has 0 aromatic heterocycles. The second kappa shape index (κ2) is 9.54. The number of nitrogens with zero attached hydrogens (tertiary/aromatic N) is 2. The molecule has 0 bridgehead atoms. The molecule has 2 amide bonds. The van der Waals surface area contributed by atoms with Crippen molar-refractivity contribution in [3.05, 3.63) is 29.8 Å². The Morgan fingerprint density at radius 1 is 1.43 bits per heavy atom. The highest BCUT2D eigenvalue weighted by Gasteiger charge is 2.53. The van der Waals surface area contributed by atoms with Gasteiger partial charge in [-0.05, 0) is 45.1 Å². The fraction of sp³-hybridized carbons (Fsp3) is 0.593. The van der Waals surface area contributed by atoms with Gasteiger partial charge in [0.15, 0.2) is 5.96 Å². The molecule has 3 aliphatic rings. The number of benzene rings is 1. The first kappa shape index (κ1) is 25.1. The minimum atomic E-state index is -0.896. The molecular formula is C27H36N4O4. The zero-order valence-corrected chi connectivity index (χ0v) is 21.0. The van der Waals surface area contributed by atoms with Crippen molar-refractivity contribution in [3.8, 4) is 18.1 Å². The number of carbonyl (C=O) groups excluding carboxylic acids is 2. The van der Waals surface area contributed by atoms with Crippen LogP contribution < -0.4 is 15.8 Å². The maximum atomic E-state index is 13.3. The van der Waals surface area contributed by atoms with Crippen LogP contribution in [0.5, 0.6) is 5.75 Å². The van der Waals surface area contributed by atoms with E-state index in [1.165, 1.54) is 0 Å². The smallest absolute Gasteiger partial charge is 0.233 e. The maximum absolute atomic E-state index is 13.3. The molecule has 8 heteroatoms. The monoisotopic (exact) mass is 480 g/mol. The largest absolute Gasteiger partial charge is 0.487 e. The van der Waals surface area contributed by atoms with E-state index in [0.29, 0.717) is 32.3 Å². The van der Waals surface area contributed by atoms with E-state index in [1.54, 1.807) is 12.0 Å². The number of aliphatic imine (C=N–C) groups is 1. The molecule has 2 heterocycles. The van der Waals surface area contributed by atoms with Gasteiger partial charge in [-0.2, -0.15) is 0 Å². The number of nitrogens with one attached hydrogen (secondary N) is 1. The molecular weight excluding hydrogens is 444 g/mol. The molecule has 0 saturated heterocycles. The summed E-state index contributed by atoms with van der Waals surface area (Å²) < 4.78 is 11.4. The van der Waals surface area contributed by atoms with Gasteiger partial charge in [-0.3, -0.25) is 14.5 Å². The SMILES string of the molecule is C#C[C@@]1(CC)CC(=O)N([C@H](CCOC)[C@@H]2C[C@H]2C(=O)N[C@H]2CC(C)(C)Oc3ccccc32)C(N)=N1. The van der Waals surface area contributed by atoms with E-state index in [0.717, 1.165) is 11.3 Å². The number of guanidine groups is 1. The summed E-state index contributed by atoms with van der Waals surface area (Å²) in [6.07, 6.45) is 8.25. The predicted octanol–water partition coefficient (Wildman–Crippen LogP) is 2.78. The summed E-state index contributed by atoms with van der Waals surface area (Å²) in [5.74, 6) is 3.19. The van der Waals surface area contributed by atoms with Crippen molar-refractivity contribution in [1.82, 2.24) is 10.2 Å². The predicted molar refractivity (Wildman–Crippen MR) is 133 cm³/mol. The van der Waals surface area contributed by atoms with Crippen molar-refractivity contribution in [2.24, 2.45) is 22.6 Å². The van der Waals surface area contributed by atoms with Gasteiger partial charge < -0.3 is 20.5 Å². The number of terminal acetylenes is 1. The first-order chi connectivity index (χ1) is 16.6. The van der Waals surface area contributed by atoms with Gasteiger partial charge in [-0.25, -0.2) is 4.99 Å². The number of rotatable bonds is 8. The van der Waals surface area contributed by atoms with E-state index in [9.17, 15) is 9.59 Å². The molecule has 1 saturated carbocycles. The highest BCUT2D eigenvalue weighted by Crippen LogP contribution is 2.47. The fourth-order valence-electron chi connectivity index (χ4n) is 5.44. The molecule has 0 radical (unpaired) electrons. The van der Waals surface area contributed by atoms with Gasteiger partial charge in [0.1, 0.15) is 16.9 Å². The molecule has 5 atom stereocenters. The maximum Gasteiger partial charge on any atom is 0.233 e. The Hall–Kier alpha value is -3.05. The lowest BCUT2D eigenvalue weighted by Gasteiger charge is -2.39. The van der Waals surface area contributed by atoms with Crippen LogP contribution in [0.25, 0.3) is 0 Å². The average molecular weight is 481 g/mol. The Morgan fingerprint density at radius 2 is 2.17 bits per heavy atom. The normalized spacial score (nSPS) is 29.8. The van der Waals surface area contributed by atoms with E-state index < -0.39 is 5.54 Å². The Kier molecular flexibility index (Phi) is 6.83. The molecule has 1 aliphatic carbocycles. The molecule has 188 valence electrons. The molecule has 1 aromatic carbocycles. The third-order valence-electron chi connectivity index (χ3n) is 7.45. The molecule has 0 unspecified atom stereocenters. The van der Waals surface area contributed by atoms with Crippen LogP contribution in [0.4, 0.5) is 0 Å². The van der Waals surface area contributed by atoms with Crippen LogP contribution in [0.2, 0.25) is 0 Å². The molecule has 4 rings (SSSR count). The summed E-state index contributed by atoms with van der Waals surface area (Å²) >= 11 is 0. The quantitative estimate of drug-likeness (QED) is 0.557. The molecule has 35 heavy (non-hydrogen) atoms. The number of carbonyl (C=O) groups is 2. The number of ether oxygens (including phenoxy) is 2. The van der Waals surface area contributed by atoms with Crippen LogP contribution in [0.15, 0.2) is 29.3 Å². The molecule has 2 aliphatic heterocycles. The summed E-state index contributed by atoms with van der Waals surface area (Å²) in [7, 11) is 1.62. The van der Waals surface area contributed by atoms with Crippen molar-refractivity contribution in [2.75, 3.05) is 13.7 Å². The van der Waals surface area contributed by atoms with Crippen LogP contribution in [0.1, 0.15) is 64.5 Å². The molecule has 8 nitrogen and oxygen atoms in total. The highest BCUT2D eigenvalue weighted by molar-refractivity contribution is 6.00. The van der Waals surface area contributed by atoms with Crippen LogP contribution >= 0.6 is 0 Å². The molecule has 1 fully saturated rings. The Balaban J connectivity index is 1.51. The topological polar surface area (TPSA) is 106 Å². The summed E-state index contributed by atoms with van der Waals surface area (Å²) in [4.78, 5) is 32.6. The zero-order valence-electron chi connectivity index (χ0n) is 21.0. The number of hydrogen-bond acceptors (Lipinski definition) is 6. The number of amides is 2. The summed E-state index contributed by atoms with van der Waals surface area (Å²) in [5.41, 5.74) is 6.00. The van der Waals surface area contributed by atoms with Crippen molar-refractivity contribution >= 4 is 17.8 Å². The lowest BCUT2D eigenvalue weighted by atomic mass is 9.89. The second-order valence-corrected chi connectivity index (χ2v) is 10.5. The van der Waals surface area contributed by atoms with Crippen LogP contribution in [-0.4, -0.2) is 53.6 Å². The zero-order chi connectivity index (χ0) is 25.4. The first-order valence-corrected chi connectivity index (χ1v) is 12.4. The van der Waals surface area contributed by atoms with Gasteiger partial charge in [-0.15, -0.1) is 6.42 Å². The van der Waals surface area contributed by atoms with Crippen molar-refractivity contribution in [3.63, 3.8) is 0 Å². The fourth-order valence-corrected chi connectivity index (χ4v) is 5.44. The van der Waals surface area contributed by atoms with E-state index in [1.807, 2.05) is 45.0 Å². The molecule has 0 spiro atoms. The van der Waals surface area contributed by atoms with Gasteiger partial charge in [0.25, 0.3) is 0 Å². The molecule has 1 aromatic rings.